The van der Waals surface area contributed by atoms with Gasteiger partial charge in [0.1, 0.15) is 0 Å². The van der Waals surface area contributed by atoms with Gasteiger partial charge in [0.15, 0.2) is 5.75 Å². The Hall–Kier alpha value is -1.52. The molecule has 0 fully saturated rings. The molecule has 1 N–H and O–H groups in total. The highest BCUT2D eigenvalue weighted by Crippen LogP contribution is 2.06. The fourth-order valence-electron chi connectivity index (χ4n) is 0.610. The van der Waals surface area contributed by atoms with Crippen LogP contribution in [0.5, 0.6) is 5.75 Å². The molecule has 1 amide bonds. The standard InChI is InChI=1S/C6H9N3O2/c1-7-6(10)11-5-3-8-9(2)4-5/h3-4H,1-2H3,(H,7,10). The SMILES string of the molecule is CNC(=O)Oc1cnn(C)c1. The van der Waals surface area contributed by atoms with Crippen molar-refractivity contribution in [1.29, 1.82) is 0 Å². The van der Waals surface area contributed by atoms with Gasteiger partial charge >= 0.3 is 6.09 Å². The van der Waals surface area contributed by atoms with E-state index in [1.807, 2.05) is 0 Å². The Morgan fingerprint density at radius 1 is 1.82 bits per heavy atom. The molecular weight excluding hydrogens is 146 g/mol. The minimum atomic E-state index is -0.488. The molecule has 0 aliphatic rings. The molecule has 0 saturated heterocycles. The first-order valence-electron chi connectivity index (χ1n) is 3.10. The van der Waals surface area contributed by atoms with Gasteiger partial charge in [-0.05, 0) is 0 Å². The largest absolute Gasteiger partial charge is 0.412 e. The van der Waals surface area contributed by atoms with Crippen LogP contribution in [0.25, 0.3) is 0 Å². The molecule has 1 aromatic heterocycles. The van der Waals surface area contributed by atoms with Gasteiger partial charge in [0.2, 0.25) is 0 Å². The highest BCUT2D eigenvalue weighted by atomic mass is 16.6. The molecule has 1 rings (SSSR count). The van der Waals surface area contributed by atoms with E-state index >= 15 is 0 Å². The molecule has 1 aromatic rings. The number of nitrogens with zero attached hydrogens (tertiary/aromatic N) is 2. The maximum absolute atomic E-state index is 10.6. The average molecular weight is 155 g/mol. The second-order valence-corrected chi connectivity index (χ2v) is 1.99. The fraction of sp³-hybridized carbons (Fsp3) is 0.333. The Bertz CT molecular complexity index is 256. The van der Waals surface area contributed by atoms with Crippen LogP contribution in [-0.4, -0.2) is 22.9 Å². The second kappa shape index (κ2) is 3.05. The Morgan fingerprint density at radius 2 is 2.55 bits per heavy atom. The maximum Gasteiger partial charge on any atom is 0.412 e. The first kappa shape index (κ1) is 7.59. The lowest BCUT2D eigenvalue weighted by Crippen LogP contribution is -2.21. The van der Waals surface area contributed by atoms with Crippen molar-refractivity contribution in [2.75, 3.05) is 7.05 Å². The zero-order valence-corrected chi connectivity index (χ0v) is 6.37. The monoisotopic (exact) mass is 155 g/mol. The van der Waals surface area contributed by atoms with Crippen molar-refractivity contribution in [3.8, 4) is 5.75 Å². The van der Waals surface area contributed by atoms with Crippen LogP contribution in [-0.2, 0) is 7.05 Å². The lowest BCUT2D eigenvalue weighted by Gasteiger charge is -1.97. The number of rotatable bonds is 1. The summed E-state index contributed by atoms with van der Waals surface area (Å²) in [6.07, 6.45) is 2.59. The first-order valence-corrected chi connectivity index (χ1v) is 3.10. The summed E-state index contributed by atoms with van der Waals surface area (Å²) < 4.78 is 6.30. The van der Waals surface area contributed by atoms with Crippen LogP contribution in [0.1, 0.15) is 0 Å². The number of aromatic nitrogens is 2. The summed E-state index contributed by atoms with van der Waals surface area (Å²) in [5.41, 5.74) is 0. The summed E-state index contributed by atoms with van der Waals surface area (Å²) in [5, 5.41) is 6.14. The molecule has 0 unspecified atom stereocenters. The predicted molar refractivity (Wildman–Crippen MR) is 38.3 cm³/mol. The Balaban J connectivity index is 2.57. The lowest BCUT2D eigenvalue weighted by atomic mass is 10.6. The van der Waals surface area contributed by atoms with Crippen molar-refractivity contribution in [3.63, 3.8) is 0 Å². The zero-order chi connectivity index (χ0) is 8.27. The van der Waals surface area contributed by atoms with Gasteiger partial charge in [-0.15, -0.1) is 0 Å². The normalized spacial score (nSPS) is 9.27. The molecule has 11 heavy (non-hydrogen) atoms. The van der Waals surface area contributed by atoms with E-state index in [4.69, 9.17) is 4.74 Å². The van der Waals surface area contributed by atoms with Gasteiger partial charge in [0.25, 0.3) is 0 Å². The van der Waals surface area contributed by atoms with Gasteiger partial charge in [-0.3, -0.25) is 4.68 Å². The molecule has 0 atom stereocenters. The summed E-state index contributed by atoms with van der Waals surface area (Å²) in [6.45, 7) is 0. The quantitative estimate of drug-likeness (QED) is 0.627. The fourth-order valence-corrected chi connectivity index (χ4v) is 0.610. The second-order valence-electron chi connectivity index (χ2n) is 1.99. The van der Waals surface area contributed by atoms with Gasteiger partial charge in [-0.25, -0.2) is 4.79 Å². The van der Waals surface area contributed by atoms with Crippen LogP contribution in [0.2, 0.25) is 0 Å². The van der Waals surface area contributed by atoms with Gasteiger partial charge < -0.3 is 10.1 Å². The number of carbonyl (C=O) groups excluding carboxylic acids is 1. The van der Waals surface area contributed by atoms with Gasteiger partial charge in [-0.2, -0.15) is 5.10 Å². The van der Waals surface area contributed by atoms with Crippen LogP contribution in [0.15, 0.2) is 12.4 Å². The molecule has 5 heteroatoms. The summed E-state index contributed by atoms with van der Waals surface area (Å²) in [6, 6.07) is 0. The van der Waals surface area contributed by atoms with Crippen molar-refractivity contribution in [2.24, 2.45) is 7.05 Å². The van der Waals surface area contributed by atoms with Crippen LogP contribution in [0.3, 0.4) is 0 Å². The summed E-state index contributed by atoms with van der Waals surface area (Å²) in [5.74, 6) is 0.437. The Labute approximate surface area is 64.0 Å². The summed E-state index contributed by atoms with van der Waals surface area (Å²) in [7, 11) is 3.25. The molecule has 0 radical (unpaired) electrons. The van der Waals surface area contributed by atoms with Gasteiger partial charge in [0.05, 0.1) is 12.4 Å². The molecule has 60 valence electrons. The topological polar surface area (TPSA) is 56.1 Å². The molecular formula is C6H9N3O2. The van der Waals surface area contributed by atoms with Gasteiger partial charge in [0, 0.05) is 14.1 Å². The van der Waals surface area contributed by atoms with E-state index in [1.165, 1.54) is 13.2 Å². The third-order valence-corrected chi connectivity index (χ3v) is 1.10. The van der Waals surface area contributed by atoms with E-state index in [0.717, 1.165) is 0 Å². The van der Waals surface area contributed by atoms with E-state index in [-0.39, 0.29) is 0 Å². The zero-order valence-electron chi connectivity index (χ0n) is 6.37. The van der Waals surface area contributed by atoms with Crippen molar-refractivity contribution >= 4 is 6.09 Å². The van der Waals surface area contributed by atoms with Crippen LogP contribution in [0.4, 0.5) is 4.79 Å². The van der Waals surface area contributed by atoms with E-state index in [0.29, 0.717) is 5.75 Å². The predicted octanol–water partition coefficient (Wildman–Crippen LogP) is 0.138. The third kappa shape index (κ3) is 1.96. The third-order valence-electron chi connectivity index (χ3n) is 1.10. The van der Waals surface area contributed by atoms with E-state index in [1.54, 1.807) is 17.9 Å². The average Bonchev–Trinajstić information content (AvgIpc) is 2.35. The summed E-state index contributed by atoms with van der Waals surface area (Å²) >= 11 is 0. The van der Waals surface area contributed by atoms with Crippen LogP contribution >= 0.6 is 0 Å². The number of hydrogen-bond donors (Lipinski definition) is 1. The lowest BCUT2D eigenvalue weighted by molar-refractivity contribution is 0.203. The number of carbonyl (C=O) groups is 1. The van der Waals surface area contributed by atoms with E-state index in [2.05, 4.69) is 10.4 Å². The number of hydrogen-bond acceptors (Lipinski definition) is 3. The van der Waals surface area contributed by atoms with Crippen molar-refractivity contribution in [1.82, 2.24) is 15.1 Å². The molecule has 0 aliphatic heterocycles. The molecule has 0 bridgehead atoms. The van der Waals surface area contributed by atoms with Crippen molar-refractivity contribution in [3.05, 3.63) is 12.4 Å². The highest BCUT2D eigenvalue weighted by molar-refractivity contribution is 5.69. The number of aryl methyl sites for hydroxylation is 1. The molecule has 0 aromatic carbocycles. The van der Waals surface area contributed by atoms with Crippen LogP contribution < -0.4 is 10.1 Å². The molecule has 1 heterocycles. The number of nitrogens with one attached hydrogen (secondary N) is 1. The van der Waals surface area contributed by atoms with Gasteiger partial charge in [-0.1, -0.05) is 0 Å². The van der Waals surface area contributed by atoms with Crippen molar-refractivity contribution < 1.29 is 9.53 Å². The molecule has 0 spiro atoms. The van der Waals surface area contributed by atoms with Crippen LogP contribution in [0, 0.1) is 0 Å². The van der Waals surface area contributed by atoms with E-state index < -0.39 is 6.09 Å². The minimum Gasteiger partial charge on any atom is -0.407 e. The molecule has 5 nitrogen and oxygen atoms in total. The van der Waals surface area contributed by atoms with Crippen molar-refractivity contribution in [2.45, 2.75) is 0 Å². The Morgan fingerprint density at radius 3 is 3.00 bits per heavy atom. The smallest absolute Gasteiger partial charge is 0.407 e. The molecule has 0 aliphatic carbocycles. The number of ether oxygens (including phenoxy) is 1. The van der Waals surface area contributed by atoms with E-state index in [9.17, 15) is 4.79 Å². The number of amides is 1. The summed E-state index contributed by atoms with van der Waals surface area (Å²) in [4.78, 5) is 10.6. The Kier molecular flexibility index (Phi) is 2.10. The highest BCUT2D eigenvalue weighted by Gasteiger charge is 2.01. The minimum absolute atomic E-state index is 0.437. The maximum atomic E-state index is 10.6. The molecule has 0 saturated carbocycles. The first-order chi connectivity index (χ1) is 5.22.